The average Bonchev–Trinajstić information content (AvgIpc) is 3.27. The molecule has 0 atom stereocenters. The molecule has 0 aliphatic heterocycles. The Hall–Kier alpha value is -4.07. The molecule has 0 aliphatic carbocycles. The van der Waals surface area contributed by atoms with E-state index in [2.05, 4.69) is 19.9 Å². The molecule has 33 heavy (non-hydrogen) atoms. The second kappa shape index (κ2) is 9.60. The predicted octanol–water partition coefficient (Wildman–Crippen LogP) is 4.30. The van der Waals surface area contributed by atoms with Crippen LogP contribution in [-0.4, -0.2) is 47.3 Å². The van der Waals surface area contributed by atoms with E-state index in [1.807, 2.05) is 55.6 Å². The summed E-state index contributed by atoms with van der Waals surface area (Å²) in [5.41, 5.74) is 4.74. The molecule has 0 bridgehead atoms. The molecule has 8 nitrogen and oxygen atoms in total. The Kier molecular flexibility index (Phi) is 6.44. The van der Waals surface area contributed by atoms with Crippen LogP contribution >= 0.6 is 0 Å². The highest BCUT2D eigenvalue weighted by atomic mass is 16.5. The van der Waals surface area contributed by atoms with Crippen LogP contribution in [0.15, 0.2) is 54.9 Å². The summed E-state index contributed by atoms with van der Waals surface area (Å²) in [4.78, 5) is 25.1. The SMILES string of the molecule is COc1ccc(CN(C)c2ncnc3[nH]c(-c4ccc(CCC(=O)O)cc4)cc23)cc1OC. The molecule has 2 heterocycles. The zero-order valence-electron chi connectivity index (χ0n) is 18.8. The van der Waals surface area contributed by atoms with Crippen molar-refractivity contribution >= 4 is 22.8 Å². The van der Waals surface area contributed by atoms with Gasteiger partial charge in [0.2, 0.25) is 0 Å². The Labute approximate surface area is 191 Å². The molecule has 8 heteroatoms. The summed E-state index contributed by atoms with van der Waals surface area (Å²) in [6.07, 6.45) is 2.19. The monoisotopic (exact) mass is 446 g/mol. The normalized spacial score (nSPS) is 10.9. The standard InChI is InChI=1S/C25H26N4O4/c1-29(14-17-6-10-21(32-2)22(12-17)33-3)25-19-13-20(28-24(19)26-15-27-25)18-8-4-16(5-9-18)7-11-23(30)31/h4-6,8-10,12-13,15H,7,11,14H2,1-3H3,(H,30,31)(H,26,27,28). The summed E-state index contributed by atoms with van der Waals surface area (Å²) in [6, 6.07) is 15.8. The number of nitrogens with one attached hydrogen (secondary N) is 1. The first-order chi connectivity index (χ1) is 16.0. The van der Waals surface area contributed by atoms with Crippen molar-refractivity contribution < 1.29 is 19.4 Å². The third-order valence-corrected chi connectivity index (χ3v) is 5.53. The lowest BCUT2D eigenvalue weighted by Crippen LogP contribution is -2.18. The number of carboxylic acids is 1. The molecule has 0 saturated heterocycles. The van der Waals surface area contributed by atoms with Crippen molar-refractivity contribution in [2.75, 3.05) is 26.2 Å². The summed E-state index contributed by atoms with van der Waals surface area (Å²) in [5.74, 6) is 1.40. The largest absolute Gasteiger partial charge is 0.493 e. The molecule has 170 valence electrons. The van der Waals surface area contributed by atoms with Gasteiger partial charge in [-0.1, -0.05) is 30.3 Å². The molecule has 4 rings (SSSR count). The van der Waals surface area contributed by atoms with E-state index < -0.39 is 5.97 Å². The van der Waals surface area contributed by atoms with Crippen molar-refractivity contribution in [1.29, 1.82) is 0 Å². The number of benzene rings is 2. The van der Waals surface area contributed by atoms with Crippen LogP contribution in [0.3, 0.4) is 0 Å². The lowest BCUT2D eigenvalue weighted by Gasteiger charge is -2.19. The number of rotatable bonds is 9. The maximum Gasteiger partial charge on any atom is 0.303 e. The number of nitrogens with zero attached hydrogens (tertiary/aromatic N) is 3. The van der Waals surface area contributed by atoms with Crippen molar-refractivity contribution in [1.82, 2.24) is 15.0 Å². The zero-order valence-corrected chi connectivity index (χ0v) is 18.8. The fourth-order valence-corrected chi connectivity index (χ4v) is 3.82. The van der Waals surface area contributed by atoms with Gasteiger partial charge in [-0.25, -0.2) is 9.97 Å². The Bertz CT molecular complexity index is 1270. The van der Waals surface area contributed by atoms with E-state index in [4.69, 9.17) is 14.6 Å². The number of aliphatic carboxylic acids is 1. The molecule has 0 radical (unpaired) electrons. The number of carboxylic acid groups (broad SMARTS) is 1. The van der Waals surface area contributed by atoms with Crippen LogP contribution in [0, 0.1) is 0 Å². The van der Waals surface area contributed by atoms with Gasteiger partial charge < -0.3 is 24.5 Å². The second-order valence-electron chi connectivity index (χ2n) is 7.78. The van der Waals surface area contributed by atoms with E-state index in [1.54, 1.807) is 20.5 Å². The van der Waals surface area contributed by atoms with Gasteiger partial charge in [-0.05, 0) is 41.3 Å². The molecule has 2 aromatic heterocycles. The summed E-state index contributed by atoms with van der Waals surface area (Å²) < 4.78 is 10.7. The number of H-pyrrole nitrogens is 1. The van der Waals surface area contributed by atoms with Gasteiger partial charge >= 0.3 is 5.97 Å². The van der Waals surface area contributed by atoms with Gasteiger partial charge in [-0.3, -0.25) is 4.79 Å². The van der Waals surface area contributed by atoms with Crippen molar-refractivity contribution in [2.24, 2.45) is 0 Å². The minimum Gasteiger partial charge on any atom is -0.493 e. The number of fused-ring (bicyclic) bond motifs is 1. The Balaban J connectivity index is 1.58. The maximum atomic E-state index is 10.8. The number of ether oxygens (including phenoxy) is 2. The van der Waals surface area contributed by atoms with Crippen molar-refractivity contribution in [3.05, 3.63) is 66.0 Å². The number of methoxy groups -OCH3 is 2. The van der Waals surface area contributed by atoms with Crippen molar-refractivity contribution in [2.45, 2.75) is 19.4 Å². The molecule has 0 aliphatic rings. The molecule has 0 spiro atoms. The van der Waals surface area contributed by atoms with Gasteiger partial charge in [0.1, 0.15) is 17.8 Å². The number of aryl methyl sites for hydroxylation is 1. The number of anilines is 1. The average molecular weight is 447 g/mol. The predicted molar refractivity (Wildman–Crippen MR) is 127 cm³/mol. The van der Waals surface area contributed by atoms with E-state index >= 15 is 0 Å². The number of hydrogen-bond acceptors (Lipinski definition) is 6. The zero-order chi connectivity index (χ0) is 23.4. The number of aromatic amines is 1. The summed E-state index contributed by atoms with van der Waals surface area (Å²) in [6.45, 7) is 0.630. The first-order valence-corrected chi connectivity index (χ1v) is 10.6. The van der Waals surface area contributed by atoms with Crippen LogP contribution in [0.25, 0.3) is 22.3 Å². The fraction of sp³-hybridized carbons (Fsp3) is 0.240. The van der Waals surface area contributed by atoms with Crippen LogP contribution in [0.2, 0.25) is 0 Å². The number of aromatic nitrogens is 3. The van der Waals surface area contributed by atoms with Gasteiger partial charge in [-0.2, -0.15) is 0 Å². The van der Waals surface area contributed by atoms with E-state index in [0.717, 1.165) is 39.2 Å². The smallest absolute Gasteiger partial charge is 0.303 e. The van der Waals surface area contributed by atoms with E-state index in [9.17, 15) is 4.79 Å². The van der Waals surface area contributed by atoms with Gasteiger partial charge in [0, 0.05) is 25.7 Å². The lowest BCUT2D eigenvalue weighted by molar-refractivity contribution is -0.136. The molecular formula is C25H26N4O4. The maximum absolute atomic E-state index is 10.8. The summed E-state index contributed by atoms with van der Waals surface area (Å²) in [5, 5.41) is 9.79. The Morgan fingerprint density at radius 2 is 1.73 bits per heavy atom. The minimum absolute atomic E-state index is 0.122. The first-order valence-electron chi connectivity index (χ1n) is 10.6. The lowest BCUT2D eigenvalue weighted by atomic mass is 10.1. The summed E-state index contributed by atoms with van der Waals surface area (Å²) in [7, 11) is 5.23. The van der Waals surface area contributed by atoms with E-state index in [1.165, 1.54) is 0 Å². The van der Waals surface area contributed by atoms with Crippen molar-refractivity contribution in [3.8, 4) is 22.8 Å². The van der Waals surface area contributed by atoms with Gasteiger partial charge in [0.15, 0.2) is 11.5 Å². The number of hydrogen-bond donors (Lipinski definition) is 2. The molecule has 4 aromatic rings. The molecule has 0 fully saturated rings. The van der Waals surface area contributed by atoms with E-state index in [-0.39, 0.29) is 6.42 Å². The third kappa shape index (κ3) is 4.90. The highest BCUT2D eigenvalue weighted by Crippen LogP contribution is 2.31. The quantitative estimate of drug-likeness (QED) is 0.395. The topological polar surface area (TPSA) is 101 Å². The highest BCUT2D eigenvalue weighted by Gasteiger charge is 2.14. The molecule has 0 unspecified atom stereocenters. The van der Waals surface area contributed by atoms with Gasteiger partial charge in [0.05, 0.1) is 19.6 Å². The summed E-state index contributed by atoms with van der Waals surface area (Å²) >= 11 is 0. The molecule has 0 saturated carbocycles. The third-order valence-electron chi connectivity index (χ3n) is 5.53. The molecule has 0 amide bonds. The van der Waals surface area contributed by atoms with Crippen LogP contribution in [0.1, 0.15) is 17.5 Å². The van der Waals surface area contributed by atoms with Crippen LogP contribution in [-0.2, 0) is 17.8 Å². The molecular weight excluding hydrogens is 420 g/mol. The van der Waals surface area contributed by atoms with E-state index in [0.29, 0.717) is 24.5 Å². The van der Waals surface area contributed by atoms with Crippen molar-refractivity contribution in [3.63, 3.8) is 0 Å². The van der Waals surface area contributed by atoms with Crippen LogP contribution in [0.4, 0.5) is 5.82 Å². The van der Waals surface area contributed by atoms with Crippen LogP contribution in [0.5, 0.6) is 11.5 Å². The van der Waals surface area contributed by atoms with Gasteiger partial charge in [0.25, 0.3) is 0 Å². The number of carbonyl (C=O) groups is 1. The molecule has 2 aromatic carbocycles. The fourth-order valence-electron chi connectivity index (χ4n) is 3.82. The van der Waals surface area contributed by atoms with Gasteiger partial charge in [-0.15, -0.1) is 0 Å². The highest BCUT2D eigenvalue weighted by molar-refractivity contribution is 5.91. The molecule has 2 N–H and O–H groups in total. The Morgan fingerprint density at radius 3 is 2.42 bits per heavy atom. The van der Waals surface area contributed by atoms with Crippen LogP contribution < -0.4 is 14.4 Å². The first kappa shape index (κ1) is 22.1. The minimum atomic E-state index is -0.794. The second-order valence-corrected chi connectivity index (χ2v) is 7.78. The Morgan fingerprint density at radius 1 is 1.00 bits per heavy atom.